The summed E-state index contributed by atoms with van der Waals surface area (Å²) in [4.78, 5) is 8.00. The molecule has 0 saturated carbocycles. The van der Waals surface area contributed by atoms with Crippen LogP contribution in [0.25, 0.3) is 0 Å². The summed E-state index contributed by atoms with van der Waals surface area (Å²) in [6.07, 6.45) is 5.00. The summed E-state index contributed by atoms with van der Waals surface area (Å²) in [5.41, 5.74) is 0. The highest BCUT2D eigenvalue weighted by Gasteiger charge is 1.85. The fraction of sp³-hybridized carbons (Fsp3) is 0.100. The van der Waals surface area contributed by atoms with Gasteiger partial charge in [0.1, 0.15) is 19.1 Å². The van der Waals surface area contributed by atoms with Crippen molar-refractivity contribution in [2.75, 3.05) is 6.61 Å². The maximum absolute atomic E-state index is 8.00. The Morgan fingerprint density at radius 3 is 2.42 bits per heavy atom. The summed E-state index contributed by atoms with van der Waals surface area (Å²) in [5.74, 6) is 3.21. The van der Waals surface area contributed by atoms with E-state index in [4.69, 9.17) is 16.0 Å². The van der Waals surface area contributed by atoms with E-state index in [9.17, 15) is 0 Å². The molecule has 62 valence electrons. The van der Waals surface area contributed by atoms with Crippen molar-refractivity contribution in [1.29, 1.82) is 0 Å². The maximum Gasteiger partial charge on any atom is 0.148 e. The second-order valence-corrected chi connectivity index (χ2v) is 1.81. The van der Waals surface area contributed by atoms with Crippen LogP contribution in [0.1, 0.15) is 0 Å². The van der Waals surface area contributed by atoms with Crippen molar-refractivity contribution in [1.82, 2.24) is 0 Å². The van der Waals surface area contributed by atoms with Gasteiger partial charge in [0.05, 0.1) is 0 Å². The van der Waals surface area contributed by atoms with Crippen molar-refractivity contribution < 1.29 is 9.53 Å². The van der Waals surface area contributed by atoms with Crippen molar-refractivity contribution in [2.24, 2.45) is 0 Å². The number of hydrogen-bond donors (Lipinski definition) is 0. The van der Waals surface area contributed by atoms with Crippen molar-refractivity contribution in [3.05, 3.63) is 30.3 Å². The molecule has 0 spiro atoms. The Bertz CT molecular complexity index is 236. The molecule has 0 amide bonds. The Morgan fingerprint density at radius 1 is 1.33 bits per heavy atom. The first kappa shape index (κ1) is 10.2. The Balaban J connectivity index is 0.000000561. The Hall–Kier alpha value is -1.75. The summed E-state index contributed by atoms with van der Waals surface area (Å²) in [6.45, 7) is 2.34. The van der Waals surface area contributed by atoms with E-state index >= 15 is 0 Å². The zero-order valence-electron chi connectivity index (χ0n) is 6.69. The molecule has 0 aromatic heterocycles. The van der Waals surface area contributed by atoms with Gasteiger partial charge in [-0.05, 0) is 12.1 Å². The molecular formula is C10H10O2. The molecule has 0 heterocycles. The van der Waals surface area contributed by atoms with Gasteiger partial charge < -0.3 is 9.53 Å². The van der Waals surface area contributed by atoms with Crippen LogP contribution in [-0.4, -0.2) is 13.4 Å². The molecule has 0 bridgehead atoms. The number of ether oxygens (including phenoxy) is 1. The predicted molar refractivity (Wildman–Crippen MR) is 47.9 cm³/mol. The number of carbonyl (C=O) groups excluding carboxylic acids is 1. The molecular weight excluding hydrogens is 152 g/mol. The molecule has 0 radical (unpaired) electrons. The molecule has 12 heavy (non-hydrogen) atoms. The van der Waals surface area contributed by atoms with Crippen molar-refractivity contribution in [3.8, 4) is 18.1 Å². The van der Waals surface area contributed by atoms with Crippen LogP contribution >= 0.6 is 0 Å². The number of para-hydroxylation sites is 1. The molecule has 2 heteroatoms. The van der Waals surface area contributed by atoms with Crippen molar-refractivity contribution in [2.45, 2.75) is 0 Å². The highest BCUT2D eigenvalue weighted by molar-refractivity contribution is 5.21. The summed E-state index contributed by atoms with van der Waals surface area (Å²) < 4.78 is 5.12. The summed E-state index contributed by atoms with van der Waals surface area (Å²) in [5, 5.41) is 0. The highest BCUT2D eigenvalue weighted by atomic mass is 16.5. The topological polar surface area (TPSA) is 26.3 Å². The smallest absolute Gasteiger partial charge is 0.148 e. The maximum atomic E-state index is 8.00. The molecule has 1 aromatic carbocycles. The Labute approximate surface area is 72.2 Å². The Kier molecular flexibility index (Phi) is 6.29. The average molecular weight is 162 g/mol. The third kappa shape index (κ3) is 4.13. The largest absolute Gasteiger partial charge is 0.481 e. The molecule has 0 saturated heterocycles. The van der Waals surface area contributed by atoms with Crippen molar-refractivity contribution >= 4 is 6.79 Å². The van der Waals surface area contributed by atoms with Gasteiger partial charge in [-0.15, -0.1) is 6.42 Å². The van der Waals surface area contributed by atoms with Gasteiger partial charge in [-0.1, -0.05) is 24.1 Å². The van der Waals surface area contributed by atoms with Gasteiger partial charge in [0.2, 0.25) is 0 Å². The average Bonchev–Trinajstić information content (AvgIpc) is 2.19. The van der Waals surface area contributed by atoms with Crippen LogP contribution in [0.2, 0.25) is 0 Å². The lowest BCUT2D eigenvalue weighted by Crippen LogP contribution is -1.91. The molecule has 0 aliphatic heterocycles. The zero-order valence-corrected chi connectivity index (χ0v) is 6.69. The van der Waals surface area contributed by atoms with Crippen LogP contribution in [0.15, 0.2) is 30.3 Å². The SMILES string of the molecule is C#CCOc1ccccc1.C=O. The second-order valence-electron chi connectivity index (χ2n) is 1.81. The van der Waals surface area contributed by atoms with E-state index in [-0.39, 0.29) is 0 Å². The van der Waals surface area contributed by atoms with Gasteiger partial charge in [0, 0.05) is 0 Å². The quantitative estimate of drug-likeness (QED) is 0.616. The van der Waals surface area contributed by atoms with Gasteiger partial charge in [-0.2, -0.15) is 0 Å². The second kappa shape index (κ2) is 7.36. The van der Waals surface area contributed by atoms with Gasteiger partial charge in [0.15, 0.2) is 0 Å². The van der Waals surface area contributed by atoms with Gasteiger partial charge in [-0.25, -0.2) is 0 Å². The van der Waals surface area contributed by atoms with Gasteiger partial charge in [0.25, 0.3) is 0 Å². The molecule has 0 aliphatic rings. The minimum absolute atomic E-state index is 0.337. The molecule has 1 rings (SSSR count). The predicted octanol–water partition coefficient (Wildman–Crippen LogP) is 1.51. The fourth-order valence-electron chi connectivity index (χ4n) is 0.642. The van der Waals surface area contributed by atoms with Gasteiger partial charge >= 0.3 is 0 Å². The minimum atomic E-state index is 0.337. The summed E-state index contributed by atoms with van der Waals surface area (Å²) >= 11 is 0. The highest BCUT2D eigenvalue weighted by Crippen LogP contribution is 2.06. The van der Waals surface area contributed by atoms with E-state index in [2.05, 4.69) is 5.92 Å². The third-order valence-electron chi connectivity index (χ3n) is 1.07. The third-order valence-corrected chi connectivity index (χ3v) is 1.07. The van der Waals surface area contributed by atoms with Crippen LogP contribution in [-0.2, 0) is 4.79 Å². The number of benzene rings is 1. The molecule has 0 atom stereocenters. The van der Waals surface area contributed by atoms with Crippen molar-refractivity contribution in [3.63, 3.8) is 0 Å². The molecule has 1 aromatic rings. The van der Waals surface area contributed by atoms with E-state index in [1.165, 1.54) is 0 Å². The monoisotopic (exact) mass is 162 g/mol. The lowest BCUT2D eigenvalue weighted by molar-refractivity contribution is -0.0979. The summed E-state index contributed by atoms with van der Waals surface area (Å²) in [7, 11) is 0. The first-order chi connectivity index (χ1) is 5.93. The van der Waals surface area contributed by atoms with Crippen LogP contribution in [0.4, 0.5) is 0 Å². The lowest BCUT2D eigenvalue weighted by atomic mass is 10.3. The standard InChI is InChI=1S/C9H8O.CH2O/c1-2-8-10-9-6-4-3-5-7-9;1-2/h1,3-7H,8H2;1H2. The minimum Gasteiger partial charge on any atom is -0.481 e. The number of rotatable bonds is 2. The van der Waals surface area contributed by atoms with Crippen LogP contribution in [0.3, 0.4) is 0 Å². The zero-order chi connectivity index (χ0) is 9.23. The lowest BCUT2D eigenvalue weighted by Gasteiger charge is -1.98. The molecule has 0 aliphatic carbocycles. The van der Waals surface area contributed by atoms with E-state index in [0.717, 1.165) is 5.75 Å². The fourth-order valence-corrected chi connectivity index (χ4v) is 0.642. The van der Waals surface area contributed by atoms with E-state index in [1.807, 2.05) is 37.1 Å². The molecule has 0 N–H and O–H groups in total. The number of carbonyl (C=O) groups is 1. The van der Waals surface area contributed by atoms with Crippen LogP contribution < -0.4 is 4.74 Å². The molecule has 0 fully saturated rings. The number of terminal acetylenes is 1. The Morgan fingerprint density at radius 2 is 1.92 bits per heavy atom. The van der Waals surface area contributed by atoms with Crippen LogP contribution in [0.5, 0.6) is 5.75 Å². The molecule has 0 unspecified atom stereocenters. The van der Waals surface area contributed by atoms with E-state index in [1.54, 1.807) is 0 Å². The van der Waals surface area contributed by atoms with E-state index in [0.29, 0.717) is 6.61 Å². The summed E-state index contributed by atoms with van der Waals surface area (Å²) in [6, 6.07) is 9.50. The number of hydrogen-bond acceptors (Lipinski definition) is 2. The normalized spacial score (nSPS) is 7.25. The van der Waals surface area contributed by atoms with E-state index < -0.39 is 0 Å². The molecule has 2 nitrogen and oxygen atoms in total. The first-order valence-electron chi connectivity index (χ1n) is 3.33. The van der Waals surface area contributed by atoms with Gasteiger partial charge in [-0.3, -0.25) is 0 Å². The van der Waals surface area contributed by atoms with Crippen LogP contribution in [0, 0.1) is 12.3 Å². The first-order valence-corrected chi connectivity index (χ1v) is 3.33.